The zero-order valence-corrected chi connectivity index (χ0v) is 13.1. The number of rotatable bonds is 5. The number of ether oxygens (including phenoxy) is 1. The summed E-state index contributed by atoms with van der Waals surface area (Å²) in [4.78, 5) is 12.3. The van der Waals surface area contributed by atoms with E-state index in [2.05, 4.69) is 5.32 Å². The number of nitrogens with one attached hydrogen (secondary N) is 1. The number of benzene rings is 1. The van der Waals surface area contributed by atoms with E-state index in [0.29, 0.717) is 31.6 Å². The normalized spacial score (nSPS) is 18.1. The summed E-state index contributed by atoms with van der Waals surface area (Å²) in [5.74, 6) is -0.520. The van der Waals surface area contributed by atoms with Gasteiger partial charge in [-0.15, -0.1) is 12.4 Å². The van der Waals surface area contributed by atoms with Gasteiger partial charge in [-0.25, -0.2) is 4.39 Å². The predicted octanol–water partition coefficient (Wildman–Crippen LogP) is 1.15. The highest BCUT2D eigenvalue weighted by Crippen LogP contribution is 2.29. The molecule has 1 heterocycles. The van der Waals surface area contributed by atoms with Crippen LogP contribution in [0.3, 0.4) is 0 Å². The van der Waals surface area contributed by atoms with Crippen molar-refractivity contribution < 1.29 is 19.0 Å². The fourth-order valence-electron chi connectivity index (χ4n) is 2.47. The molecule has 0 aromatic heterocycles. The molecule has 4 N–H and O–H groups in total. The second kappa shape index (κ2) is 8.43. The largest absolute Gasteiger partial charge is 0.387 e. The SMILES string of the molecule is Cl.NCC1(C(=O)NCC(O)c2ccc(F)cc2)CCOCC1. The van der Waals surface area contributed by atoms with Crippen LogP contribution in [0.1, 0.15) is 24.5 Å². The summed E-state index contributed by atoms with van der Waals surface area (Å²) in [5.41, 5.74) is 5.70. The minimum atomic E-state index is -0.871. The Balaban J connectivity index is 0.00000242. The first kappa shape index (κ1) is 18.8. The first-order valence-electron chi connectivity index (χ1n) is 7.07. The average molecular weight is 333 g/mol. The predicted molar refractivity (Wildman–Crippen MR) is 83.2 cm³/mol. The summed E-state index contributed by atoms with van der Waals surface area (Å²) in [6, 6.07) is 5.55. The lowest BCUT2D eigenvalue weighted by atomic mass is 9.79. The topological polar surface area (TPSA) is 84.6 Å². The van der Waals surface area contributed by atoms with Crippen LogP contribution in [0.25, 0.3) is 0 Å². The van der Waals surface area contributed by atoms with Gasteiger partial charge in [-0.1, -0.05) is 12.1 Å². The van der Waals surface area contributed by atoms with Gasteiger partial charge in [0.1, 0.15) is 5.82 Å². The highest BCUT2D eigenvalue weighted by Gasteiger charge is 2.38. The molecule has 2 rings (SSSR count). The van der Waals surface area contributed by atoms with Gasteiger partial charge in [-0.05, 0) is 30.5 Å². The summed E-state index contributed by atoms with van der Waals surface area (Å²) < 4.78 is 18.1. The van der Waals surface area contributed by atoms with Gasteiger partial charge in [0.25, 0.3) is 0 Å². The molecule has 1 aliphatic heterocycles. The van der Waals surface area contributed by atoms with Gasteiger partial charge in [0.15, 0.2) is 0 Å². The number of carbonyl (C=O) groups excluding carboxylic acids is 1. The summed E-state index contributed by atoms with van der Waals surface area (Å²) in [5, 5.41) is 12.8. The molecule has 1 atom stereocenters. The second-order valence-corrected chi connectivity index (χ2v) is 5.37. The van der Waals surface area contributed by atoms with Gasteiger partial charge in [-0.2, -0.15) is 0 Å². The van der Waals surface area contributed by atoms with Crippen molar-refractivity contribution in [3.8, 4) is 0 Å². The third-order valence-electron chi connectivity index (χ3n) is 4.03. The van der Waals surface area contributed by atoms with Crippen LogP contribution in [-0.4, -0.2) is 37.3 Å². The number of aliphatic hydroxyl groups is 1. The van der Waals surface area contributed by atoms with Crippen molar-refractivity contribution in [1.82, 2.24) is 5.32 Å². The Kier molecular flexibility index (Phi) is 7.22. The Morgan fingerprint density at radius 1 is 1.36 bits per heavy atom. The lowest BCUT2D eigenvalue weighted by Gasteiger charge is -2.34. The number of amides is 1. The van der Waals surface area contributed by atoms with Crippen molar-refractivity contribution >= 4 is 18.3 Å². The van der Waals surface area contributed by atoms with E-state index < -0.39 is 11.5 Å². The first-order valence-corrected chi connectivity index (χ1v) is 7.07. The van der Waals surface area contributed by atoms with Gasteiger partial charge >= 0.3 is 0 Å². The number of nitrogens with two attached hydrogens (primary N) is 1. The Morgan fingerprint density at radius 3 is 2.50 bits per heavy atom. The molecule has 7 heteroatoms. The van der Waals surface area contributed by atoms with Crippen molar-refractivity contribution in [2.45, 2.75) is 18.9 Å². The maximum absolute atomic E-state index is 12.8. The summed E-state index contributed by atoms with van der Waals surface area (Å²) >= 11 is 0. The molecule has 0 spiro atoms. The second-order valence-electron chi connectivity index (χ2n) is 5.37. The van der Waals surface area contributed by atoms with E-state index in [1.807, 2.05) is 0 Å². The van der Waals surface area contributed by atoms with Crippen molar-refractivity contribution in [3.05, 3.63) is 35.6 Å². The first-order chi connectivity index (χ1) is 10.1. The molecule has 5 nitrogen and oxygen atoms in total. The van der Waals surface area contributed by atoms with Gasteiger partial charge in [0.05, 0.1) is 11.5 Å². The van der Waals surface area contributed by atoms with Gasteiger partial charge < -0.3 is 20.9 Å². The van der Waals surface area contributed by atoms with Crippen LogP contribution in [0.4, 0.5) is 4.39 Å². The maximum Gasteiger partial charge on any atom is 0.227 e. The minimum Gasteiger partial charge on any atom is -0.387 e. The lowest BCUT2D eigenvalue weighted by Crippen LogP contribution is -2.49. The molecule has 1 amide bonds. The molecule has 0 saturated carbocycles. The van der Waals surface area contributed by atoms with Crippen LogP contribution in [0.2, 0.25) is 0 Å². The molecule has 22 heavy (non-hydrogen) atoms. The van der Waals surface area contributed by atoms with Crippen LogP contribution < -0.4 is 11.1 Å². The van der Waals surface area contributed by atoms with Crippen LogP contribution >= 0.6 is 12.4 Å². The van der Waals surface area contributed by atoms with Crippen LogP contribution in [-0.2, 0) is 9.53 Å². The van der Waals surface area contributed by atoms with E-state index in [4.69, 9.17) is 10.5 Å². The fraction of sp³-hybridized carbons (Fsp3) is 0.533. The summed E-state index contributed by atoms with van der Waals surface area (Å²) in [6.45, 7) is 1.37. The lowest BCUT2D eigenvalue weighted by molar-refractivity contribution is -0.136. The molecule has 1 aromatic rings. The minimum absolute atomic E-state index is 0. The van der Waals surface area contributed by atoms with E-state index in [1.165, 1.54) is 24.3 Å². The van der Waals surface area contributed by atoms with Crippen molar-refractivity contribution in [3.63, 3.8) is 0 Å². The number of hydrogen-bond donors (Lipinski definition) is 3. The smallest absolute Gasteiger partial charge is 0.227 e. The molecule has 0 bridgehead atoms. The average Bonchev–Trinajstić information content (AvgIpc) is 2.53. The molecule has 1 unspecified atom stereocenters. The van der Waals surface area contributed by atoms with Gasteiger partial charge in [0.2, 0.25) is 5.91 Å². The molecule has 1 saturated heterocycles. The maximum atomic E-state index is 12.8. The zero-order chi connectivity index (χ0) is 15.3. The highest BCUT2D eigenvalue weighted by molar-refractivity contribution is 5.85. The number of hydrogen-bond acceptors (Lipinski definition) is 4. The molecule has 0 aliphatic carbocycles. The zero-order valence-electron chi connectivity index (χ0n) is 12.3. The van der Waals surface area contributed by atoms with E-state index >= 15 is 0 Å². The van der Waals surface area contributed by atoms with Crippen LogP contribution in [0, 0.1) is 11.2 Å². The number of aliphatic hydroxyl groups excluding tert-OH is 1. The standard InChI is InChI=1S/C15H21FN2O3.ClH/c16-12-3-1-11(2-4-12)13(19)9-18-14(20)15(10-17)5-7-21-8-6-15;/h1-4,13,19H,5-10,17H2,(H,18,20);1H. The van der Waals surface area contributed by atoms with E-state index in [0.717, 1.165) is 0 Å². The van der Waals surface area contributed by atoms with Crippen molar-refractivity contribution in [2.75, 3.05) is 26.3 Å². The molecule has 124 valence electrons. The quantitative estimate of drug-likeness (QED) is 0.755. The van der Waals surface area contributed by atoms with Crippen molar-refractivity contribution in [1.29, 1.82) is 0 Å². The Hall–Kier alpha value is -1.21. The number of halogens is 2. The third kappa shape index (κ3) is 4.39. The van der Waals surface area contributed by atoms with Crippen molar-refractivity contribution in [2.24, 2.45) is 11.1 Å². The van der Waals surface area contributed by atoms with E-state index in [1.54, 1.807) is 0 Å². The molecule has 1 aromatic carbocycles. The Labute approximate surface area is 135 Å². The van der Waals surface area contributed by atoms with E-state index in [-0.39, 0.29) is 37.2 Å². The summed E-state index contributed by atoms with van der Waals surface area (Å²) in [6.07, 6.45) is 0.299. The van der Waals surface area contributed by atoms with Gasteiger partial charge in [0, 0.05) is 26.3 Å². The molecule has 1 fully saturated rings. The Morgan fingerprint density at radius 2 is 1.95 bits per heavy atom. The molecule has 1 aliphatic rings. The van der Waals surface area contributed by atoms with E-state index in [9.17, 15) is 14.3 Å². The fourth-order valence-corrected chi connectivity index (χ4v) is 2.47. The van der Waals surface area contributed by atoms with Crippen LogP contribution in [0.5, 0.6) is 0 Å². The molecular weight excluding hydrogens is 311 g/mol. The molecule has 0 radical (unpaired) electrons. The molecular formula is C15H22ClFN2O3. The highest BCUT2D eigenvalue weighted by atomic mass is 35.5. The van der Waals surface area contributed by atoms with Crippen LogP contribution in [0.15, 0.2) is 24.3 Å². The third-order valence-corrected chi connectivity index (χ3v) is 4.03. The monoisotopic (exact) mass is 332 g/mol. The summed E-state index contributed by atoms with van der Waals surface area (Å²) in [7, 11) is 0. The number of carbonyl (C=O) groups is 1. The Bertz CT molecular complexity index is 478. The van der Waals surface area contributed by atoms with Gasteiger partial charge in [-0.3, -0.25) is 4.79 Å².